The Bertz CT molecular complexity index is 1210. The van der Waals surface area contributed by atoms with Gasteiger partial charge in [0.2, 0.25) is 5.95 Å². The molecule has 3 heterocycles. The first-order valence-electron chi connectivity index (χ1n) is 14.1. The van der Waals surface area contributed by atoms with E-state index >= 15 is 0 Å². The van der Waals surface area contributed by atoms with Gasteiger partial charge in [-0.25, -0.2) is 4.98 Å². The number of nitrogens with zero attached hydrogens (tertiary/aromatic N) is 4. The van der Waals surface area contributed by atoms with Gasteiger partial charge in [0.1, 0.15) is 11.3 Å². The molecule has 1 saturated heterocycles. The van der Waals surface area contributed by atoms with Crippen LogP contribution in [0.25, 0.3) is 11.0 Å². The molecule has 2 fully saturated rings. The second-order valence-corrected chi connectivity index (χ2v) is 11.7. The number of unbranched alkanes of at least 4 members (excludes halogenated alkanes) is 2. The lowest BCUT2D eigenvalue weighted by atomic mass is 9.77. The summed E-state index contributed by atoms with van der Waals surface area (Å²) < 4.78 is 8.04. The minimum Gasteiger partial charge on any atom is -0.496 e. The number of benzene rings is 1. The van der Waals surface area contributed by atoms with Crippen LogP contribution in [0.1, 0.15) is 70.4 Å². The van der Waals surface area contributed by atoms with E-state index in [1.54, 1.807) is 7.11 Å². The molecule has 0 radical (unpaired) electrons. The van der Waals surface area contributed by atoms with Crippen LogP contribution in [0.2, 0.25) is 0 Å². The molecule has 0 unspecified atom stereocenters. The van der Waals surface area contributed by atoms with Gasteiger partial charge in [-0.3, -0.25) is 4.90 Å². The number of likely N-dealkylation sites (tertiary alicyclic amines) is 1. The van der Waals surface area contributed by atoms with Gasteiger partial charge < -0.3 is 20.4 Å². The number of nitrogen functional groups attached to an aromatic ring is 1. The molecule has 1 aromatic carbocycles. The molecule has 0 amide bonds. The van der Waals surface area contributed by atoms with Crippen molar-refractivity contribution in [2.75, 3.05) is 37.8 Å². The molecule has 7 nitrogen and oxygen atoms in total. The number of nitrogens with one attached hydrogen (secondary N) is 1. The molecular weight excluding hydrogens is 460 g/mol. The van der Waals surface area contributed by atoms with Gasteiger partial charge in [-0.15, -0.1) is 0 Å². The van der Waals surface area contributed by atoms with E-state index in [2.05, 4.69) is 69.9 Å². The summed E-state index contributed by atoms with van der Waals surface area (Å²) >= 11 is 0. The number of rotatable bonds is 13. The van der Waals surface area contributed by atoms with Crippen molar-refractivity contribution in [3.8, 4) is 5.75 Å². The van der Waals surface area contributed by atoms with E-state index in [9.17, 15) is 0 Å². The summed E-state index contributed by atoms with van der Waals surface area (Å²) in [7, 11) is 1.77. The van der Waals surface area contributed by atoms with Crippen LogP contribution in [0.3, 0.4) is 0 Å². The van der Waals surface area contributed by atoms with Crippen molar-refractivity contribution in [2.45, 2.75) is 72.4 Å². The third kappa shape index (κ3) is 5.71. The van der Waals surface area contributed by atoms with Crippen LogP contribution < -0.4 is 15.8 Å². The van der Waals surface area contributed by atoms with E-state index in [1.165, 1.54) is 50.8 Å². The first-order chi connectivity index (χ1) is 17.9. The van der Waals surface area contributed by atoms with E-state index in [4.69, 9.17) is 10.5 Å². The topological polar surface area (TPSA) is 81.2 Å². The summed E-state index contributed by atoms with van der Waals surface area (Å²) in [4.78, 5) is 11.6. The van der Waals surface area contributed by atoms with Crippen molar-refractivity contribution in [3.63, 3.8) is 0 Å². The largest absolute Gasteiger partial charge is 0.496 e. The fourth-order valence-electron chi connectivity index (χ4n) is 6.26. The van der Waals surface area contributed by atoms with Crippen LogP contribution in [0.15, 0.2) is 30.5 Å². The molecule has 5 rings (SSSR count). The Kier molecular flexibility index (Phi) is 7.61. The van der Waals surface area contributed by atoms with Crippen LogP contribution in [0, 0.1) is 17.3 Å². The first kappa shape index (κ1) is 25.8. The highest BCUT2D eigenvalue weighted by Crippen LogP contribution is 2.58. The summed E-state index contributed by atoms with van der Waals surface area (Å²) in [5.74, 6) is 3.73. The third-order valence-corrected chi connectivity index (χ3v) is 8.33. The number of anilines is 2. The van der Waals surface area contributed by atoms with Crippen molar-refractivity contribution >= 4 is 22.8 Å². The smallest absolute Gasteiger partial charge is 0.222 e. The fourth-order valence-corrected chi connectivity index (χ4v) is 6.26. The van der Waals surface area contributed by atoms with Gasteiger partial charge >= 0.3 is 0 Å². The Balaban J connectivity index is 1.26. The molecule has 37 heavy (non-hydrogen) atoms. The van der Waals surface area contributed by atoms with Gasteiger partial charge in [0, 0.05) is 37.9 Å². The monoisotopic (exact) mass is 504 g/mol. The summed E-state index contributed by atoms with van der Waals surface area (Å²) in [5.41, 5.74) is 11.0. The number of fused-ring (bicyclic) bond motifs is 1. The summed E-state index contributed by atoms with van der Waals surface area (Å²) in [6.07, 6.45) is 9.82. The normalized spacial score (nSPS) is 17.3. The number of methoxy groups -OCH3 is 1. The molecule has 200 valence electrons. The number of aromatic nitrogens is 3. The lowest BCUT2D eigenvalue weighted by Gasteiger charge is -2.45. The zero-order valence-electron chi connectivity index (χ0n) is 23.1. The highest BCUT2D eigenvalue weighted by molar-refractivity contribution is 5.87. The maximum Gasteiger partial charge on any atom is 0.222 e. The second-order valence-electron chi connectivity index (χ2n) is 11.7. The minimum atomic E-state index is 0.301. The second kappa shape index (κ2) is 10.9. The molecule has 1 aliphatic carbocycles. The number of nitrogens with two attached hydrogens (primary N) is 1. The van der Waals surface area contributed by atoms with Crippen molar-refractivity contribution in [1.29, 1.82) is 0 Å². The lowest BCUT2D eigenvalue weighted by Crippen LogP contribution is -2.50. The van der Waals surface area contributed by atoms with Crippen molar-refractivity contribution in [3.05, 3.63) is 41.6 Å². The number of hydrogen-bond acceptors (Lipinski definition) is 6. The zero-order valence-corrected chi connectivity index (χ0v) is 23.1. The quantitative estimate of drug-likeness (QED) is 0.281. The molecule has 2 aliphatic rings. The van der Waals surface area contributed by atoms with Gasteiger partial charge in [0.05, 0.1) is 19.2 Å². The van der Waals surface area contributed by atoms with Crippen LogP contribution in [-0.4, -0.2) is 46.2 Å². The van der Waals surface area contributed by atoms with Gasteiger partial charge in [-0.1, -0.05) is 45.7 Å². The minimum absolute atomic E-state index is 0.301. The predicted octanol–water partition coefficient (Wildman–Crippen LogP) is 5.93. The Labute approximate surface area is 221 Å². The standard InChI is InChI=1S/C30H44N6O/c1-5-6-7-13-32-28-27-25(33-29(31)34-28)10-14-36(27)18-23-9-8-22(15-26(23)37-4)17-35-19-24(20-35)30(11-12-30)16-21(2)3/h8-10,14-15,21,24H,5-7,11-13,16-20H2,1-4H3,(H3,31,32,33,34). The highest BCUT2D eigenvalue weighted by Gasteiger charge is 2.52. The fraction of sp³-hybridized carbons (Fsp3) is 0.600. The van der Waals surface area contributed by atoms with E-state index < -0.39 is 0 Å². The molecule has 0 bridgehead atoms. The summed E-state index contributed by atoms with van der Waals surface area (Å²) in [6, 6.07) is 8.70. The number of ether oxygens (including phenoxy) is 1. The molecule has 0 spiro atoms. The maximum atomic E-state index is 6.00. The third-order valence-electron chi connectivity index (χ3n) is 8.33. The molecule has 1 saturated carbocycles. The van der Waals surface area contributed by atoms with Crippen LogP contribution >= 0.6 is 0 Å². The predicted molar refractivity (Wildman–Crippen MR) is 152 cm³/mol. The number of hydrogen-bond donors (Lipinski definition) is 2. The van der Waals surface area contributed by atoms with Gasteiger partial charge in [0.25, 0.3) is 0 Å². The Morgan fingerprint density at radius 3 is 2.65 bits per heavy atom. The molecule has 0 atom stereocenters. The molecule has 7 heteroatoms. The van der Waals surface area contributed by atoms with Crippen molar-refractivity contribution in [1.82, 2.24) is 19.4 Å². The van der Waals surface area contributed by atoms with E-state index in [0.717, 1.165) is 59.5 Å². The van der Waals surface area contributed by atoms with Gasteiger partial charge in [-0.05, 0) is 60.6 Å². The SMILES string of the molecule is CCCCCNc1nc(N)nc2ccn(Cc3ccc(CN4CC(C5(CC(C)C)CC5)C4)cc3OC)c12. The highest BCUT2D eigenvalue weighted by atomic mass is 16.5. The molecule has 3 N–H and O–H groups in total. The Hall–Kier alpha value is -2.80. The average Bonchev–Trinajstić information content (AvgIpc) is 3.49. The van der Waals surface area contributed by atoms with E-state index in [-0.39, 0.29) is 0 Å². The molecule has 1 aliphatic heterocycles. The summed E-state index contributed by atoms with van der Waals surface area (Å²) in [6.45, 7) is 12.0. The Morgan fingerprint density at radius 2 is 1.95 bits per heavy atom. The van der Waals surface area contributed by atoms with E-state index in [0.29, 0.717) is 17.9 Å². The molecule has 2 aromatic heterocycles. The average molecular weight is 505 g/mol. The van der Waals surface area contributed by atoms with Crippen LogP contribution in [0.4, 0.5) is 11.8 Å². The van der Waals surface area contributed by atoms with Gasteiger partial charge in [0.15, 0.2) is 5.82 Å². The van der Waals surface area contributed by atoms with Crippen LogP contribution in [0.5, 0.6) is 5.75 Å². The van der Waals surface area contributed by atoms with Crippen molar-refractivity contribution in [2.24, 2.45) is 17.3 Å². The van der Waals surface area contributed by atoms with E-state index in [1.807, 2.05) is 6.07 Å². The van der Waals surface area contributed by atoms with Crippen molar-refractivity contribution < 1.29 is 4.74 Å². The molecular formula is C30H44N6O. The first-order valence-corrected chi connectivity index (χ1v) is 14.1. The molecule has 3 aromatic rings. The summed E-state index contributed by atoms with van der Waals surface area (Å²) in [5, 5.41) is 3.49. The van der Waals surface area contributed by atoms with Gasteiger partial charge in [-0.2, -0.15) is 4.98 Å². The Morgan fingerprint density at radius 1 is 1.14 bits per heavy atom. The zero-order chi connectivity index (χ0) is 26.0. The lowest BCUT2D eigenvalue weighted by molar-refractivity contribution is 0.0311. The maximum absolute atomic E-state index is 6.00. The van der Waals surface area contributed by atoms with Crippen LogP contribution in [-0.2, 0) is 13.1 Å².